The Labute approximate surface area is 69.8 Å². The summed E-state index contributed by atoms with van der Waals surface area (Å²) >= 11 is 0. The van der Waals surface area contributed by atoms with Crippen LogP contribution in [0.1, 0.15) is 19.8 Å². The van der Waals surface area contributed by atoms with Crippen molar-refractivity contribution in [3.63, 3.8) is 0 Å². The summed E-state index contributed by atoms with van der Waals surface area (Å²) in [5.74, 6) is -0.824. The lowest BCUT2D eigenvalue weighted by molar-refractivity contribution is -0.156. The van der Waals surface area contributed by atoms with Crippen LogP contribution in [0.4, 0.5) is 0 Å². The van der Waals surface area contributed by atoms with E-state index in [0.29, 0.717) is 13.0 Å². The van der Waals surface area contributed by atoms with Gasteiger partial charge in [0.25, 0.3) is 0 Å². The van der Waals surface area contributed by atoms with Crippen LogP contribution < -0.4 is 0 Å². The first-order valence-corrected chi connectivity index (χ1v) is 4.02. The lowest BCUT2D eigenvalue weighted by Gasteiger charge is -2.19. The van der Waals surface area contributed by atoms with E-state index in [9.17, 15) is 9.59 Å². The Morgan fingerprint density at radius 1 is 1.50 bits per heavy atom. The fourth-order valence-electron chi connectivity index (χ4n) is 1.85. The molecule has 66 valence electrons. The normalized spacial score (nSPS) is 40.9. The fourth-order valence-corrected chi connectivity index (χ4v) is 1.85. The Morgan fingerprint density at radius 2 is 2.25 bits per heavy atom. The molecule has 0 radical (unpaired) electrons. The molecule has 2 aliphatic heterocycles. The Morgan fingerprint density at radius 3 is 2.67 bits per heavy atom. The summed E-state index contributed by atoms with van der Waals surface area (Å²) in [5, 5.41) is 0. The third-order valence-corrected chi connectivity index (χ3v) is 2.77. The minimum atomic E-state index is -0.656. The van der Waals surface area contributed by atoms with E-state index in [1.807, 2.05) is 6.92 Å². The third kappa shape index (κ3) is 0.813. The Hall–Kier alpha value is -0.900. The van der Waals surface area contributed by atoms with Gasteiger partial charge in [0.2, 0.25) is 0 Å². The van der Waals surface area contributed by atoms with E-state index in [1.165, 1.54) is 0 Å². The molecule has 1 spiro atoms. The monoisotopic (exact) mass is 170 g/mol. The maximum absolute atomic E-state index is 11.3. The summed E-state index contributed by atoms with van der Waals surface area (Å²) in [5.41, 5.74) is -0.656. The van der Waals surface area contributed by atoms with Crippen LogP contribution in [0.5, 0.6) is 0 Å². The van der Waals surface area contributed by atoms with Crippen LogP contribution in [0.2, 0.25) is 0 Å². The van der Waals surface area contributed by atoms with Crippen molar-refractivity contribution in [1.82, 2.24) is 0 Å². The first-order chi connectivity index (χ1) is 5.65. The quantitative estimate of drug-likeness (QED) is 0.386. The molecule has 4 heteroatoms. The summed E-state index contributed by atoms with van der Waals surface area (Å²) in [6, 6.07) is 0. The Bertz CT molecular complexity index is 247. The van der Waals surface area contributed by atoms with E-state index in [-0.39, 0.29) is 12.5 Å². The number of cyclic esters (lactones) is 2. The predicted octanol–water partition coefficient (Wildman–Crippen LogP) is 0.255. The molecule has 2 aliphatic rings. The number of hydrogen-bond donors (Lipinski definition) is 0. The molecular weight excluding hydrogens is 160 g/mol. The zero-order valence-corrected chi connectivity index (χ0v) is 6.83. The van der Waals surface area contributed by atoms with E-state index >= 15 is 0 Å². The van der Waals surface area contributed by atoms with Gasteiger partial charge in [-0.2, -0.15) is 0 Å². The maximum atomic E-state index is 11.3. The van der Waals surface area contributed by atoms with E-state index < -0.39 is 17.4 Å². The molecule has 2 unspecified atom stereocenters. The Kier molecular flexibility index (Phi) is 1.48. The summed E-state index contributed by atoms with van der Waals surface area (Å²) in [6.07, 6.45) is 0.614. The molecule has 2 rings (SSSR count). The van der Waals surface area contributed by atoms with Crippen LogP contribution in [-0.2, 0) is 19.1 Å². The van der Waals surface area contributed by atoms with E-state index in [1.54, 1.807) is 0 Å². The van der Waals surface area contributed by atoms with Crippen molar-refractivity contribution in [2.24, 2.45) is 5.41 Å². The highest BCUT2D eigenvalue weighted by molar-refractivity contribution is 5.98. The maximum Gasteiger partial charge on any atom is 0.323 e. The van der Waals surface area contributed by atoms with Crippen molar-refractivity contribution in [2.75, 3.05) is 6.61 Å². The average Bonchev–Trinajstić information content (AvgIpc) is 2.44. The average molecular weight is 170 g/mol. The molecule has 2 saturated heterocycles. The van der Waals surface area contributed by atoms with Crippen LogP contribution in [0.15, 0.2) is 0 Å². The van der Waals surface area contributed by atoms with Crippen molar-refractivity contribution in [1.29, 1.82) is 0 Å². The predicted molar refractivity (Wildman–Crippen MR) is 38.2 cm³/mol. The molecule has 0 aromatic rings. The van der Waals surface area contributed by atoms with Gasteiger partial charge in [-0.25, -0.2) is 0 Å². The van der Waals surface area contributed by atoms with Gasteiger partial charge in [-0.15, -0.1) is 0 Å². The van der Waals surface area contributed by atoms with Gasteiger partial charge in [0.1, 0.15) is 5.41 Å². The van der Waals surface area contributed by atoms with Gasteiger partial charge >= 0.3 is 11.9 Å². The molecule has 2 atom stereocenters. The molecule has 4 nitrogen and oxygen atoms in total. The van der Waals surface area contributed by atoms with Crippen LogP contribution in [0, 0.1) is 5.41 Å². The van der Waals surface area contributed by atoms with E-state index in [4.69, 9.17) is 4.74 Å². The van der Waals surface area contributed by atoms with Crippen LogP contribution in [0.25, 0.3) is 0 Å². The SMILES string of the molecule is CC1OCCC12CC(=O)OC2=O. The highest BCUT2D eigenvalue weighted by Gasteiger charge is 2.56. The van der Waals surface area contributed by atoms with Gasteiger partial charge in [0.05, 0.1) is 12.5 Å². The van der Waals surface area contributed by atoms with Crippen LogP contribution in [0.3, 0.4) is 0 Å². The molecule has 0 N–H and O–H groups in total. The molecule has 2 fully saturated rings. The fraction of sp³-hybridized carbons (Fsp3) is 0.750. The third-order valence-electron chi connectivity index (χ3n) is 2.77. The molecule has 0 aromatic carbocycles. The van der Waals surface area contributed by atoms with Gasteiger partial charge in [-0.3, -0.25) is 9.59 Å². The Balaban J connectivity index is 2.31. The number of carbonyl (C=O) groups excluding carboxylic acids is 2. The molecular formula is C8H10O4. The number of esters is 2. The topological polar surface area (TPSA) is 52.6 Å². The molecule has 12 heavy (non-hydrogen) atoms. The molecule has 0 amide bonds. The molecule has 2 heterocycles. The number of carbonyl (C=O) groups is 2. The molecule has 0 saturated carbocycles. The van der Waals surface area contributed by atoms with Gasteiger partial charge in [0.15, 0.2) is 0 Å². The van der Waals surface area contributed by atoms with Gasteiger partial charge in [-0.1, -0.05) is 0 Å². The number of hydrogen-bond acceptors (Lipinski definition) is 4. The summed E-state index contributed by atoms with van der Waals surface area (Å²) in [6.45, 7) is 2.36. The van der Waals surface area contributed by atoms with Crippen molar-refractivity contribution >= 4 is 11.9 Å². The van der Waals surface area contributed by atoms with E-state index in [2.05, 4.69) is 4.74 Å². The summed E-state index contributed by atoms with van der Waals surface area (Å²) < 4.78 is 9.77. The van der Waals surface area contributed by atoms with Gasteiger partial charge < -0.3 is 9.47 Å². The summed E-state index contributed by atoms with van der Waals surface area (Å²) in [7, 11) is 0. The first-order valence-electron chi connectivity index (χ1n) is 4.02. The zero-order valence-electron chi connectivity index (χ0n) is 6.83. The second-order valence-electron chi connectivity index (χ2n) is 3.36. The van der Waals surface area contributed by atoms with Crippen LogP contribution in [-0.4, -0.2) is 24.6 Å². The second kappa shape index (κ2) is 2.29. The number of rotatable bonds is 0. The lowest BCUT2D eigenvalue weighted by atomic mass is 9.80. The summed E-state index contributed by atoms with van der Waals surface area (Å²) in [4.78, 5) is 22.2. The van der Waals surface area contributed by atoms with Crippen molar-refractivity contribution in [2.45, 2.75) is 25.9 Å². The molecule has 0 aliphatic carbocycles. The second-order valence-corrected chi connectivity index (χ2v) is 3.36. The van der Waals surface area contributed by atoms with Gasteiger partial charge in [0, 0.05) is 6.61 Å². The highest BCUT2D eigenvalue weighted by atomic mass is 16.6. The van der Waals surface area contributed by atoms with Crippen LogP contribution >= 0.6 is 0 Å². The van der Waals surface area contributed by atoms with E-state index in [0.717, 1.165) is 0 Å². The molecule has 0 bridgehead atoms. The smallest absolute Gasteiger partial charge is 0.323 e. The van der Waals surface area contributed by atoms with Gasteiger partial charge in [-0.05, 0) is 13.3 Å². The van der Waals surface area contributed by atoms with Crippen molar-refractivity contribution in [3.05, 3.63) is 0 Å². The minimum Gasteiger partial charge on any atom is -0.393 e. The minimum absolute atomic E-state index is 0.184. The molecule has 0 aromatic heterocycles. The largest absolute Gasteiger partial charge is 0.393 e. The van der Waals surface area contributed by atoms with Crippen molar-refractivity contribution in [3.8, 4) is 0 Å². The lowest BCUT2D eigenvalue weighted by Crippen LogP contribution is -2.33. The standard InChI is InChI=1S/C8H10O4/c1-5-8(2-3-11-5)4-6(9)12-7(8)10/h5H,2-4H2,1H3. The van der Waals surface area contributed by atoms with Crippen molar-refractivity contribution < 1.29 is 19.1 Å². The number of ether oxygens (including phenoxy) is 2. The zero-order chi connectivity index (χ0) is 8.77. The first kappa shape index (κ1) is 7.73. The highest BCUT2D eigenvalue weighted by Crippen LogP contribution is 2.43.